The molecule has 0 unspecified atom stereocenters. The average molecular weight is 215 g/mol. The van der Waals surface area contributed by atoms with Crippen LogP contribution in [0.25, 0.3) is 0 Å². The molecule has 0 radical (unpaired) electrons. The van der Waals surface area contributed by atoms with Gasteiger partial charge < -0.3 is 11.1 Å². The molecule has 0 fully saturated rings. The maximum Gasteiger partial charge on any atom is 0.149 e. The number of nitrogens with two attached hydrogens (primary N) is 1. The van der Waals surface area contributed by atoms with E-state index in [1.807, 2.05) is 6.92 Å². The molecule has 2 rings (SSSR count). The van der Waals surface area contributed by atoms with E-state index in [1.165, 1.54) is 0 Å². The molecule has 0 bridgehead atoms. The van der Waals surface area contributed by atoms with Gasteiger partial charge in [0.25, 0.3) is 0 Å². The third-order valence-electron chi connectivity index (χ3n) is 2.11. The van der Waals surface area contributed by atoms with Crippen LogP contribution in [0.5, 0.6) is 0 Å². The molecule has 0 saturated carbocycles. The van der Waals surface area contributed by atoms with Gasteiger partial charge in [-0.3, -0.25) is 9.97 Å². The van der Waals surface area contributed by atoms with Crippen molar-refractivity contribution in [1.82, 2.24) is 15.0 Å². The molecule has 5 nitrogen and oxygen atoms in total. The Bertz CT molecular complexity index is 466. The normalized spacial score (nSPS) is 10.1. The zero-order valence-corrected chi connectivity index (χ0v) is 9.01. The van der Waals surface area contributed by atoms with Gasteiger partial charge in [-0.2, -0.15) is 0 Å². The van der Waals surface area contributed by atoms with Crippen LogP contribution in [0, 0.1) is 6.92 Å². The molecule has 0 aromatic carbocycles. The summed E-state index contributed by atoms with van der Waals surface area (Å²) in [4.78, 5) is 12.5. The van der Waals surface area contributed by atoms with E-state index in [-0.39, 0.29) is 0 Å². The fourth-order valence-corrected chi connectivity index (χ4v) is 1.25. The summed E-state index contributed by atoms with van der Waals surface area (Å²) in [6.07, 6.45) is 5.17. The first kappa shape index (κ1) is 10.4. The van der Waals surface area contributed by atoms with Gasteiger partial charge in [0.05, 0.1) is 29.8 Å². The standard InChI is InChI=1S/C11H13N5/c1-8-5-15-9(6-14-8)7-16-11-10(12)3-2-4-13-11/h2-6H,7,12H2,1H3,(H,13,16). The Morgan fingerprint density at radius 3 is 2.81 bits per heavy atom. The van der Waals surface area contributed by atoms with Gasteiger partial charge in [0.1, 0.15) is 5.82 Å². The summed E-state index contributed by atoms with van der Waals surface area (Å²) in [6, 6.07) is 3.60. The Labute approximate surface area is 93.8 Å². The summed E-state index contributed by atoms with van der Waals surface area (Å²) in [5.41, 5.74) is 8.14. The van der Waals surface area contributed by atoms with Crippen LogP contribution in [0.4, 0.5) is 11.5 Å². The number of hydrogen-bond donors (Lipinski definition) is 2. The Morgan fingerprint density at radius 1 is 1.25 bits per heavy atom. The zero-order valence-electron chi connectivity index (χ0n) is 9.01. The zero-order chi connectivity index (χ0) is 11.4. The third-order valence-corrected chi connectivity index (χ3v) is 2.11. The molecule has 5 heteroatoms. The van der Waals surface area contributed by atoms with E-state index >= 15 is 0 Å². The second kappa shape index (κ2) is 4.57. The van der Waals surface area contributed by atoms with E-state index in [0.29, 0.717) is 18.1 Å². The summed E-state index contributed by atoms with van der Waals surface area (Å²) in [5, 5.41) is 3.11. The SMILES string of the molecule is Cc1cnc(CNc2ncccc2N)cn1. The molecule has 0 amide bonds. The largest absolute Gasteiger partial charge is 0.396 e. The van der Waals surface area contributed by atoms with E-state index in [0.717, 1.165) is 11.4 Å². The van der Waals surface area contributed by atoms with Crippen LogP contribution in [0.1, 0.15) is 11.4 Å². The maximum absolute atomic E-state index is 5.75. The lowest BCUT2D eigenvalue weighted by Gasteiger charge is -2.06. The van der Waals surface area contributed by atoms with Crippen LogP contribution in [0.2, 0.25) is 0 Å². The van der Waals surface area contributed by atoms with Crippen LogP contribution in [-0.2, 0) is 6.54 Å². The van der Waals surface area contributed by atoms with Gasteiger partial charge in [-0.05, 0) is 19.1 Å². The highest BCUT2D eigenvalue weighted by molar-refractivity contribution is 5.60. The molecule has 0 spiro atoms. The van der Waals surface area contributed by atoms with Crippen molar-refractivity contribution < 1.29 is 0 Å². The number of nitrogens with zero attached hydrogens (tertiary/aromatic N) is 3. The molecular formula is C11H13N5. The molecule has 16 heavy (non-hydrogen) atoms. The predicted molar refractivity (Wildman–Crippen MR) is 62.7 cm³/mol. The molecule has 3 N–H and O–H groups in total. The molecular weight excluding hydrogens is 202 g/mol. The number of aromatic nitrogens is 3. The minimum absolute atomic E-state index is 0.564. The van der Waals surface area contributed by atoms with Crippen molar-refractivity contribution in [3.05, 3.63) is 42.1 Å². The van der Waals surface area contributed by atoms with Crippen LogP contribution in [-0.4, -0.2) is 15.0 Å². The smallest absolute Gasteiger partial charge is 0.149 e. The van der Waals surface area contributed by atoms with Gasteiger partial charge in [0, 0.05) is 12.4 Å². The van der Waals surface area contributed by atoms with E-state index in [1.54, 1.807) is 30.7 Å². The lowest BCUT2D eigenvalue weighted by Crippen LogP contribution is -2.06. The van der Waals surface area contributed by atoms with Gasteiger partial charge >= 0.3 is 0 Å². The number of hydrogen-bond acceptors (Lipinski definition) is 5. The van der Waals surface area contributed by atoms with Crippen LogP contribution in [0.15, 0.2) is 30.7 Å². The van der Waals surface area contributed by atoms with Crippen molar-refractivity contribution in [2.24, 2.45) is 0 Å². The molecule has 0 aliphatic rings. The summed E-state index contributed by atoms with van der Waals surface area (Å²) >= 11 is 0. The molecule has 2 aromatic rings. The first-order chi connectivity index (χ1) is 7.75. The van der Waals surface area contributed by atoms with Crippen LogP contribution in [0.3, 0.4) is 0 Å². The topological polar surface area (TPSA) is 76.7 Å². The molecule has 0 aliphatic heterocycles. The van der Waals surface area contributed by atoms with Crippen molar-refractivity contribution in [3.63, 3.8) is 0 Å². The van der Waals surface area contributed by atoms with Gasteiger partial charge in [-0.15, -0.1) is 0 Å². The van der Waals surface area contributed by atoms with E-state index in [9.17, 15) is 0 Å². The van der Waals surface area contributed by atoms with Gasteiger partial charge in [0.2, 0.25) is 0 Å². The fourth-order valence-electron chi connectivity index (χ4n) is 1.25. The Balaban J connectivity index is 2.02. The van der Waals surface area contributed by atoms with Gasteiger partial charge in [-0.1, -0.05) is 0 Å². The Hall–Kier alpha value is -2.17. The summed E-state index contributed by atoms with van der Waals surface area (Å²) < 4.78 is 0. The maximum atomic E-state index is 5.75. The number of nitrogen functional groups attached to an aromatic ring is 1. The second-order valence-electron chi connectivity index (χ2n) is 3.44. The number of pyridine rings is 1. The number of rotatable bonds is 3. The highest BCUT2D eigenvalue weighted by Crippen LogP contribution is 2.13. The van der Waals surface area contributed by atoms with Crippen molar-refractivity contribution in [3.8, 4) is 0 Å². The van der Waals surface area contributed by atoms with Crippen molar-refractivity contribution in [2.45, 2.75) is 13.5 Å². The van der Waals surface area contributed by atoms with Crippen molar-refractivity contribution in [2.75, 3.05) is 11.1 Å². The second-order valence-corrected chi connectivity index (χ2v) is 3.44. The molecule has 0 atom stereocenters. The number of anilines is 2. The third kappa shape index (κ3) is 2.44. The highest BCUT2D eigenvalue weighted by Gasteiger charge is 1.99. The Morgan fingerprint density at radius 2 is 2.12 bits per heavy atom. The molecule has 0 saturated heterocycles. The highest BCUT2D eigenvalue weighted by atomic mass is 15.0. The van der Waals surface area contributed by atoms with Crippen molar-refractivity contribution in [1.29, 1.82) is 0 Å². The molecule has 0 aliphatic carbocycles. The van der Waals surface area contributed by atoms with Crippen LogP contribution >= 0.6 is 0 Å². The minimum atomic E-state index is 0.564. The van der Waals surface area contributed by atoms with E-state index in [2.05, 4.69) is 20.3 Å². The first-order valence-electron chi connectivity index (χ1n) is 4.97. The number of nitrogens with one attached hydrogen (secondary N) is 1. The number of aryl methyl sites for hydroxylation is 1. The predicted octanol–water partition coefficient (Wildman–Crippen LogP) is 1.37. The minimum Gasteiger partial charge on any atom is -0.396 e. The monoisotopic (exact) mass is 215 g/mol. The molecule has 2 heterocycles. The quantitative estimate of drug-likeness (QED) is 0.808. The molecule has 2 aromatic heterocycles. The average Bonchev–Trinajstić information content (AvgIpc) is 2.30. The van der Waals surface area contributed by atoms with Crippen molar-refractivity contribution >= 4 is 11.5 Å². The lowest BCUT2D eigenvalue weighted by atomic mass is 10.3. The fraction of sp³-hybridized carbons (Fsp3) is 0.182. The summed E-state index contributed by atoms with van der Waals surface area (Å²) in [5.74, 6) is 0.671. The molecule has 82 valence electrons. The lowest BCUT2D eigenvalue weighted by molar-refractivity contribution is 0.977. The van der Waals surface area contributed by atoms with E-state index in [4.69, 9.17) is 5.73 Å². The van der Waals surface area contributed by atoms with Gasteiger partial charge in [-0.25, -0.2) is 4.98 Å². The Kier molecular flexibility index (Phi) is 2.95. The van der Waals surface area contributed by atoms with E-state index < -0.39 is 0 Å². The van der Waals surface area contributed by atoms with Gasteiger partial charge in [0.15, 0.2) is 0 Å². The van der Waals surface area contributed by atoms with Crippen LogP contribution < -0.4 is 11.1 Å². The first-order valence-corrected chi connectivity index (χ1v) is 4.97. The summed E-state index contributed by atoms with van der Waals surface area (Å²) in [6.45, 7) is 2.47. The summed E-state index contributed by atoms with van der Waals surface area (Å²) in [7, 11) is 0.